The van der Waals surface area contributed by atoms with Crippen LogP contribution in [0.3, 0.4) is 0 Å². The van der Waals surface area contributed by atoms with Gasteiger partial charge in [0.05, 0.1) is 6.10 Å². The Bertz CT molecular complexity index is 184. The van der Waals surface area contributed by atoms with Crippen LogP contribution in [0.1, 0.15) is 20.3 Å². The molecular weight excluding hydrogens is 188 g/mol. The molecule has 1 aliphatic rings. The lowest BCUT2D eigenvalue weighted by atomic mass is 9.93. The second kappa shape index (κ2) is 4.55. The first-order chi connectivity index (χ1) is 6.43. The Morgan fingerprint density at radius 3 is 2.07 bits per heavy atom. The van der Waals surface area contributed by atoms with E-state index in [4.69, 9.17) is 4.74 Å². The zero-order valence-corrected chi connectivity index (χ0v) is 8.37. The third-order valence-electron chi connectivity index (χ3n) is 2.39. The highest BCUT2D eigenvalue weighted by molar-refractivity contribution is 4.88. The van der Waals surface area contributed by atoms with Crippen molar-refractivity contribution in [1.82, 2.24) is 0 Å². The first-order valence-electron chi connectivity index (χ1n) is 4.81. The van der Waals surface area contributed by atoms with E-state index < -0.39 is 30.7 Å². The van der Waals surface area contributed by atoms with E-state index in [1.807, 2.05) is 13.8 Å². The monoisotopic (exact) mass is 206 g/mol. The third kappa shape index (κ3) is 2.43. The van der Waals surface area contributed by atoms with Crippen LogP contribution in [0.5, 0.6) is 0 Å². The summed E-state index contributed by atoms with van der Waals surface area (Å²) < 4.78 is 4.99. The standard InChI is InChI=1S/C9H18O5/c1-4(2)3-5-6(10)7(11)8(12)9(13)14-5/h4-13H,3H2,1-2H3/t5-,6-,7-,8-,9?/m1/s1. The first-order valence-corrected chi connectivity index (χ1v) is 4.81. The maximum atomic E-state index is 9.53. The van der Waals surface area contributed by atoms with Crippen molar-refractivity contribution in [2.24, 2.45) is 5.92 Å². The lowest BCUT2D eigenvalue weighted by Gasteiger charge is -2.38. The maximum Gasteiger partial charge on any atom is 0.183 e. The summed E-state index contributed by atoms with van der Waals surface area (Å²) in [5, 5.41) is 37.3. The summed E-state index contributed by atoms with van der Waals surface area (Å²) in [7, 11) is 0. The van der Waals surface area contributed by atoms with E-state index in [9.17, 15) is 20.4 Å². The fourth-order valence-corrected chi connectivity index (χ4v) is 1.59. The minimum atomic E-state index is -1.44. The van der Waals surface area contributed by atoms with Crippen molar-refractivity contribution >= 4 is 0 Å². The van der Waals surface area contributed by atoms with Gasteiger partial charge in [-0.1, -0.05) is 13.8 Å². The minimum Gasteiger partial charge on any atom is -0.388 e. The number of rotatable bonds is 2. The average molecular weight is 206 g/mol. The fourth-order valence-electron chi connectivity index (χ4n) is 1.59. The highest BCUT2D eigenvalue weighted by Crippen LogP contribution is 2.24. The number of hydrogen-bond acceptors (Lipinski definition) is 5. The Kier molecular flexibility index (Phi) is 3.86. The second-order valence-corrected chi connectivity index (χ2v) is 4.17. The van der Waals surface area contributed by atoms with Gasteiger partial charge in [0.1, 0.15) is 18.3 Å². The summed E-state index contributed by atoms with van der Waals surface area (Å²) in [5.41, 5.74) is 0. The quantitative estimate of drug-likeness (QED) is 0.457. The smallest absolute Gasteiger partial charge is 0.183 e. The van der Waals surface area contributed by atoms with Crippen molar-refractivity contribution in [3.63, 3.8) is 0 Å². The summed E-state index contributed by atoms with van der Waals surface area (Å²) in [6.45, 7) is 3.89. The molecule has 0 radical (unpaired) electrons. The van der Waals surface area contributed by atoms with Crippen molar-refractivity contribution in [1.29, 1.82) is 0 Å². The van der Waals surface area contributed by atoms with Gasteiger partial charge < -0.3 is 25.2 Å². The molecule has 14 heavy (non-hydrogen) atoms. The van der Waals surface area contributed by atoms with E-state index in [1.54, 1.807) is 0 Å². The molecule has 0 bridgehead atoms. The van der Waals surface area contributed by atoms with Crippen LogP contribution in [0.25, 0.3) is 0 Å². The Balaban J connectivity index is 2.60. The van der Waals surface area contributed by atoms with Gasteiger partial charge in [-0.25, -0.2) is 0 Å². The Morgan fingerprint density at radius 2 is 1.57 bits per heavy atom. The second-order valence-electron chi connectivity index (χ2n) is 4.17. The predicted molar refractivity (Wildman–Crippen MR) is 48.4 cm³/mol. The predicted octanol–water partition coefficient (Wildman–Crippen LogP) is -1.17. The third-order valence-corrected chi connectivity index (χ3v) is 2.39. The normalized spacial score (nSPS) is 44.4. The number of hydrogen-bond donors (Lipinski definition) is 4. The highest BCUT2D eigenvalue weighted by atomic mass is 16.6. The molecule has 0 amide bonds. The molecular formula is C9H18O5. The van der Waals surface area contributed by atoms with Gasteiger partial charge in [0.2, 0.25) is 0 Å². The van der Waals surface area contributed by atoms with Crippen LogP contribution in [-0.4, -0.2) is 51.1 Å². The van der Waals surface area contributed by atoms with Gasteiger partial charge in [-0.2, -0.15) is 0 Å². The van der Waals surface area contributed by atoms with Gasteiger partial charge in [-0.05, 0) is 12.3 Å². The van der Waals surface area contributed by atoms with Crippen molar-refractivity contribution < 1.29 is 25.2 Å². The molecule has 1 unspecified atom stereocenters. The van der Waals surface area contributed by atoms with Crippen molar-refractivity contribution in [3.05, 3.63) is 0 Å². The fraction of sp³-hybridized carbons (Fsp3) is 1.00. The van der Waals surface area contributed by atoms with Crippen LogP contribution in [0.4, 0.5) is 0 Å². The maximum absolute atomic E-state index is 9.53. The van der Waals surface area contributed by atoms with Gasteiger partial charge in [-0.15, -0.1) is 0 Å². The van der Waals surface area contributed by atoms with E-state index in [0.717, 1.165) is 0 Å². The van der Waals surface area contributed by atoms with Gasteiger partial charge in [-0.3, -0.25) is 0 Å². The molecule has 5 heteroatoms. The highest BCUT2D eigenvalue weighted by Gasteiger charge is 2.42. The van der Waals surface area contributed by atoms with E-state index in [-0.39, 0.29) is 5.92 Å². The molecule has 1 fully saturated rings. The van der Waals surface area contributed by atoms with Crippen LogP contribution < -0.4 is 0 Å². The molecule has 1 rings (SSSR count). The van der Waals surface area contributed by atoms with Crippen LogP contribution >= 0.6 is 0 Å². The first kappa shape index (κ1) is 11.9. The largest absolute Gasteiger partial charge is 0.388 e. The lowest BCUT2D eigenvalue weighted by molar-refractivity contribution is -0.283. The molecule has 0 aromatic carbocycles. The molecule has 84 valence electrons. The summed E-state index contributed by atoms with van der Waals surface area (Å²) in [4.78, 5) is 0. The zero-order valence-electron chi connectivity index (χ0n) is 8.37. The Morgan fingerprint density at radius 1 is 1.00 bits per heavy atom. The van der Waals surface area contributed by atoms with Crippen LogP contribution in [-0.2, 0) is 4.74 Å². The molecule has 0 aliphatic carbocycles. The SMILES string of the molecule is CC(C)C[C@H]1OC(O)[C@H](O)[C@H](O)[C@@H]1O. The van der Waals surface area contributed by atoms with Gasteiger partial charge in [0.15, 0.2) is 6.29 Å². The Hall–Kier alpha value is -0.200. The van der Waals surface area contributed by atoms with Crippen molar-refractivity contribution in [2.75, 3.05) is 0 Å². The minimum absolute atomic E-state index is 0.282. The topological polar surface area (TPSA) is 90.2 Å². The lowest BCUT2D eigenvalue weighted by Crippen LogP contribution is -2.57. The van der Waals surface area contributed by atoms with E-state index in [2.05, 4.69) is 0 Å². The van der Waals surface area contributed by atoms with E-state index in [1.165, 1.54) is 0 Å². The number of aliphatic hydroxyl groups is 4. The molecule has 0 saturated carbocycles. The summed E-state index contributed by atoms with van der Waals surface area (Å²) in [6.07, 6.45) is -5.44. The molecule has 0 spiro atoms. The summed E-state index contributed by atoms with van der Waals surface area (Å²) >= 11 is 0. The summed E-state index contributed by atoms with van der Waals surface area (Å²) in [6, 6.07) is 0. The Labute approximate surface area is 82.9 Å². The molecule has 5 atom stereocenters. The van der Waals surface area contributed by atoms with E-state index in [0.29, 0.717) is 6.42 Å². The number of ether oxygens (including phenoxy) is 1. The van der Waals surface area contributed by atoms with Gasteiger partial charge in [0.25, 0.3) is 0 Å². The number of aliphatic hydroxyl groups excluding tert-OH is 4. The van der Waals surface area contributed by atoms with Crippen molar-refractivity contribution in [2.45, 2.75) is 51.0 Å². The van der Waals surface area contributed by atoms with Gasteiger partial charge in [0, 0.05) is 0 Å². The van der Waals surface area contributed by atoms with E-state index >= 15 is 0 Å². The zero-order chi connectivity index (χ0) is 10.9. The van der Waals surface area contributed by atoms with Gasteiger partial charge >= 0.3 is 0 Å². The molecule has 5 nitrogen and oxygen atoms in total. The van der Waals surface area contributed by atoms with Crippen LogP contribution in [0.15, 0.2) is 0 Å². The molecule has 1 saturated heterocycles. The molecule has 1 heterocycles. The molecule has 0 aromatic heterocycles. The average Bonchev–Trinajstić information content (AvgIpc) is 2.10. The summed E-state index contributed by atoms with van der Waals surface area (Å²) in [5.74, 6) is 0.282. The molecule has 4 N–H and O–H groups in total. The van der Waals surface area contributed by atoms with Crippen LogP contribution in [0, 0.1) is 5.92 Å². The molecule has 1 aliphatic heterocycles. The van der Waals surface area contributed by atoms with Crippen LogP contribution in [0.2, 0.25) is 0 Å². The molecule has 0 aromatic rings. The van der Waals surface area contributed by atoms with Crippen molar-refractivity contribution in [3.8, 4) is 0 Å².